The van der Waals surface area contributed by atoms with Crippen LogP contribution in [0.2, 0.25) is 0 Å². The van der Waals surface area contributed by atoms with Gasteiger partial charge in [-0.1, -0.05) is 20.8 Å². The Morgan fingerprint density at radius 2 is 2.07 bits per heavy atom. The van der Waals surface area contributed by atoms with Gasteiger partial charge >= 0.3 is 0 Å². The minimum atomic E-state index is 0.104. The summed E-state index contributed by atoms with van der Waals surface area (Å²) in [5, 5.41) is 2.07. The van der Waals surface area contributed by atoms with Gasteiger partial charge in [0.25, 0.3) is 0 Å². The van der Waals surface area contributed by atoms with E-state index in [1.807, 2.05) is 24.0 Å². The fraction of sp³-hybridized carbons (Fsp3) is 0.333. The van der Waals surface area contributed by atoms with Crippen molar-refractivity contribution in [3.8, 4) is 11.3 Å². The molecular formula is C12H14N2S. The van der Waals surface area contributed by atoms with Gasteiger partial charge in [-0.3, -0.25) is 4.98 Å². The third-order valence-electron chi connectivity index (χ3n) is 2.34. The van der Waals surface area contributed by atoms with E-state index in [9.17, 15) is 0 Å². The molecule has 78 valence electrons. The van der Waals surface area contributed by atoms with E-state index < -0.39 is 0 Å². The van der Waals surface area contributed by atoms with E-state index in [0.29, 0.717) is 0 Å². The summed E-state index contributed by atoms with van der Waals surface area (Å²) in [7, 11) is 0. The molecule has 0 amide bonds. The van der Waals surface area contributed by atoms with Crippen LogP contribution in [0.3, 0.4) is 0 Å². The summed E-state index contributed by atoms with van der Waals surface area (Å²) in [5.41, 5.74) is 5.46. The lowest BCUT2D eigenvalue weighted by atomic mass is 9.84. The number of thiazole rings is 1. The molecule has 0 radical (unpaired) electrons. The Morgan fingerprint density at radius 1 is 1.27 bits per heavy atom. The Morgan fingerprint density at radius 3 is 2.67 bits per heavy atom. The maximum Gasteiger partial charge on any atom is 0.0815 e. The van der Waals surface area contributed by atoms with Crippen LogP contribution < -0.4 is 0 Å². The largest absolute Gasteiger partial charge is 0.264 e. The van der Waals surface area contributed by atoms with E-state index in [2.05, 4.69) is 36.1 Å². The number of nitrogens with zero attached hydrogens (tertiary/aromatic N) is 2. The number of rotatable bonds is 1. The van der Waals surface area contributed by atoms with Crippen molar-refractivity contribution in [2.24, 2.45) is 0 Å². The first-order valence-electron chi connectivity index (χ1n) is 4.92. The molecule has 0 spiro atoms. The lowest BCUT2D eigenvalue weighted by molar-refractivity contribution is 0.589. The summed E-state index contributed by atoms with van der Waals surface area (Å²) in [6.45, 7) is 6.58. The highest BCUT2D eigenvalue weighted by molar-refractivity contribution is 7.07. The predicted octanol–water partition coefficient (Wildman–Crippen LogP) is 3.50. The summed E-state index contributed by atoms with van der Waals surface area (Å²) in [5.74, 6) is 0. The van der Waals surface area contributed by atoms with Crippen molar-refractivity contribution in [3.05, 3.63) is 34.9 Å². The molecule has 0 N–H and O–H groups in total. The van der Waals surface area contributed by atoms with Gasteiger partial charge < -0.3 is 0 Å². The zero-order chi connectivity index (χ0) is 10.9. The van der Waals surface area contributed by atoms with Gasteiger partial charge in [0.05, 0.1) is 11.2 Å². The lowest BCUT2D eigenvalue weighted by Gasteiger charge is -2.21. The Balaban J connectivity index is 2.58. The van der Waals surface area contributed by atoms with Crippen molar-refractivity contribution in [1.29, 1.82) is 0 Å². The highest BCUT2D eigenvalue weighted by Crippen LogP contribution is 2.31. The molecule has 0 aliphatic carbocycles. The van der Waals surface area contributed by atoms with E-state index in [-0.39, 0.29) is 5.41 Å². The molecule has 0 aromatic carbocycles. The normalized spacial score (nSPS) is 11.7. The quantitative estimate of drug-likeness (QED) is 0.732. The van der Waals surface area contributed by atoms with Crippen LogP contribution >= 0.6 is 11.3 Å². The number of pyridine rings is 1. The third-order valence-corrected chi connectivity index (χ3v) is 2.92. The maximum absolute atomic E-state index is 4.35. The predicted molar refractivity (Wildman–Crippen MR) is 64.0 cm³/mol. The molecule has 0 aliphatic rings. The van der Waals surface area contributed by atoms with Gasteiger partial charge in [-0.25, -0.2) is 4.98 Å². The number of aromatic nitrogens is 2. The van der Waals surface area contributed by atoms with Gasteiger partial charge in [0.1, 0.15) is 0 Å². The van der Waals surface area contributed by atoms with Gasteiger partial charge in [0.15, 0.2) is 0 Å². The topological polar surface area (TPSA) is 25.8 Å². The van der Waals surface area contributed by atoms with Crippen molar-refractivity contribution < 1.29 is 0 Å². The Labute approximate surface area is 94.0 Å². The van der Waals surface area contributed by atoms with Crippen molar-refractivity contribution in [2.45, 2.75) is 26.2 Å². The van der Waals surface area contributed by atoms with E-state index in [1.165, 1.54) is 11.1 Å². The second kappa shape index (κ2) is 3.74. The Bertz CT molecular complexity index is 441. The highest BCUT2D eigenvalue weighted by atomic mass is 32.1. The van der Waals surface area contributed by atoms with Gasteiger partial charge in [0, 0.05) is 23.3 Å². The number of hydrogen-bond donors (Lipinski definition) is 0. The molecule has 3 heteroatoms. The summed E-state index contributed by atoms with van der Waals surface area (Å²) in [6.07, 6.45) is 3.76. The standard InChI is InChI=1S/C12H14N2S/c1-12(2,3)10-6-13-5-4-9(10)11-7-15-8-14-11/h4-8H,1-3H3. The molecule has 0 aliphatic heterocycles. The molecule has 0 saturated heterocycles. The SMILES string of the molecule is CC(C)(C)c1cnccc1-c1cscn1. The van der Waals surface area contributed by atoms with Crippen LogP contribution in [-0.4, -0.2) is 9.97 Å². The molecule has 0 unspecified atom stereocenters. The van der Waals surface area contributed by atoms with Crippen molar-refractivity contribution in [2.75, 3.05) is 0 Å². The molecule has 0 saturated carbocycles. The zero-order valence-corrected chi connectivity index (χ0v) is 10.0. The van der Waals surface area contributed by atoms with Crippen LogP contribution in [0.4, 0.5) is 0 Å². The van der Waals surface area contributed by atoms with Crippen LogP contribution in [0.15, 0.2) is 29.4 Å². The van der Waals surface area contributed by atoms with Crippen LogP contribution in [0.25, 0.3) is 11.3 Å². The Hall–Kier alpha value is -1.22. The fourth-order valence-electron chi connectivity index (χ4n) is 1.56. The molecular weight excluding hydrogens is 204 g/mol. The van der Waals surface area contributed by atoms with Gasteiger partial charge in [-0.05, 0) is 17.0 Å². The first-order valence-corrected chi connectivity index (χ1v) is 5.86. The van der Waals surface area contributed by atoms with Gasteiger partial charge in [-0.15, -0.1) is 11.3 Å². The second-order valence-electron chi connectivity index (χ2n) is 4.54. The van der Waals surface area contributed by atoms with Gasteiger partial charge in [-0.2, -0.15) is 0 Å². The van der Waals surface area contributed by atoms with Crippen molar-refractivity contribution >= 4 is 11.3 Å². The maximum atomic E-state index is 4.35. The van der Waals surface area contributed by atoms with E-state index in [1.54, 1.807) is 11.3 Å². The van der Waals surface area contributed by atoms with E-state index in [0.717, 1.165) is 5.69 Å². The molecule has 2 rings (SSSR count). The van der Waals surface area contributed by atoms with Crippen molar-refractivity contribution in [1.82, 2.24) is 9.97 Å². The van der Waals surface area contributed by atoms with Crippen LogP contribution in [0, 0.1) is 0 Å². The third kappa shape index (κ3) is 2.07. The summed E-state index contributed by atoms with van der Waals surface area (Å²) < 4.78 is 0. The minimum absolute atomic E-state index is 0.104. The van der Waals surface area contributed by atoms with E-state index in [4.69, 9.17) is 0 Å². The molecule has 0 fully saturated rings. The zero-order valence-electron chi connectivity index (χ0n) is 9.19. The average molecular weight is 218 g/mol. The van der Waals surface area contributed by atoms with Crippen LogP contribution in [0.5, 0.6) is 0 Å². The molecule has 2 nitrogen and oxygen atoms in total. The molecule has 2 aromatic rings. The van der Waals surface area contributed by atoms with Crippen molar-refractivity contribution in [3.63, 3.8) is 0 Å². The first kappa shape index (κ1) is 10.3. The van der Waals surface area contributed by atoms with Crippen LogP contribution in [-0.2, 0) is 5.41 Å². The second-order valence-corrected chi connectivity index (χ2v) is 5.26. The van der Waals surface area contributed by atoms with E-state index >= 15 is 0 Å². The smallest absolute Gasteiger partial charge is 0.0815 e. The molecule has 15 heavy (non-hydrogen) atoms. The Kier molecular flexibility index (Phi) is 2.57. The summed E-state index contributed by atoms with van der Waals surface area (Å²) in [6, 6.07) is 2.04. The minimum Gasteiger partial charge on any atom is -0.264 e. The molecule has 2 heterocycles. The molecule has 0 atom stereocenters. The highest BCUT2D eigenvalue weighted by Gasteiger charge is 2.19. The first-order chi connectivity index (χ1) is 7.09. The molecule has 2 aromatic heterocycles. The summed E-state index contributed by atoms with van der Waals surface area (Å²) in [4.78, 5) is 8.55. The van der Waals surface area contributed by atoms with Crippen LogP contribution in [0.1, 0.15) is 26.3 Å². The summed E-state index contributed by atoms with van der Waals surface area (Å²) >= 11 is 1.62. The number of hydrogen-bond acceptors (Lipinski definition) is 3. The van der Waals surface area contributed by atoms with Gasteiger partial charge in [0.2, 0.25) is 0 Å². The molecule has 0 bridgehead atoms. The average Bonchev–Trinajstić information content (AvgIpc) is 2.69. The monoisotopic (exact) mass is 218 g/mol. The lowest BCUT2D eigenvalue weighted by Crippen LogP contribution is -2.13. The fourth-order valence-corrected chi connectivity index (χ4v) is 2.11.